The summed E-state index contributed by atoms with van der Waals surface area (Å²) in [5.41, 5.74) is 2.38. The summed E-state index contributed by atoms with van der Waals surface area (Å²) in [6.45, 7) is 2.00. The van der Waals surface area contributed by atoms with Gasteiger partial charge in [-0.05, 0) is 41.6 Å². The lowest BCUT2D eigenvalue weighted by Crippen LogP contribution is -2.30. The summed E-state index contributed by atoms with van der Waals surface area (Å²) >= 11 is 1.16. The molecule has 1 N–H and O–H groups in total. The molecule has 1 aromatic heterocycles. The molecule has 0 unspecified atom stereocenters. The normalized spacial score (nSPS) is 12.4. The summed E-state index contributed by atoms with van der Waals surface area (Å²) in [6.07, 6.45) is 0.256. The zero-order chi connectivity index (χ0) is 20.1. The van der Waals surface area contributed by atoms with Gasteiger partial charge in [-0.3, -0.25) is 9.52 Å². The van der Waals surface area contributed by atoms with Crippen LogP contribution in [0.2, 0.25) is 0 Å². The van der Waals surface area contributed by atoms with Gasteiger partial charge in [-0.1, -0.05) is 48.5 Å². The van der Waals surface area contributed by atoms with E-state index in [0.717, 1.165) is 22.5 Å². The standard InChI is InChI=1S/C21H22N2O3S2/c1-16(18-7-4-3-5-8-18)23(2)20(24)15-17-10-12-19(13-11-17)22-28(25,26)21-9-6-14-27-21/h3-14,16,22H,15H2,1-2H3/t16-/m1/s1. The Morgan fingerprint density at radius 2 is 1.71 bits per heavy atom. The Hall–Kier alpha value is -2.64. The van der Waals surface area contributed by atoms with Crippen LogP contribution in [-0.4, -0.2) is 26.3 Å². The van der Waals surface area contributed by atoms with Gasteiger partial charge in [-0.2, -0.15) is 0 Å². The third-order valence-corrected chi connectivity index (χ3v) is 7.36. The molecule has 0 saturated carbocycles. The number of nitrogens with one attached hydrogen (secondary N) is 1. The molecule has 0 radical (unpaired) electrons. The molecule has 1 atom stereocenters. The van der Waals surface area contributed by atoms with Gasteiger partial charge in [0, 0.05) is 12.7 Å². The van der Waals surface area contributed by atoms with E-state index in [-0.39, 0.29) is 22.6 Å². The van der Waals surface area contributed by atoms with E-state index in [9.17, 15) is 13.2 Å². The van der Waals surface area contributed by atoms with Gasteiger partial charge in [0.05, 0.1) is 12.5 Å². The monoisotopic (exact) mass is 414 g/mol. The summed E-state index contributed by atoms with van der Waals surface area (Å²) in [5, 5.41) is 1.72. The molecule has 3 aromatic rings. The molecule has 3 rings (SSSR count). The molecule has 7 heteroatoms. The molecule has 0 aliphatic heterocycles. The fraction of sp³-hybridized carbons (Fsp3) is 0.190. The average Bonchev–Trinajstić information content (AvgIpc) is 3.25. The van der Waals surface area contributed by atoms with E-state index in [1.54, 1.807) is 53.7 Å². The zero-order valence-corrected chi connectivity index (χ0v) is 17.3. The number of nitrogens with zero attached hydrogens (tertiary/aromatic N) is 1. The van der Waals surface area contributed by atoms with Gasteiger partial charge in [-0.25, -0.2) is 8.42 Å². The highest BCUT2D eigenvalue weighted by molar-refractivity contribution is 7.94. The smallest absolute Gasteiger partial charge is 0.271 e. The lowest BCUT2D eigenvalue weighted by atomic mass is 10.1. The molecule has 2 aromatic carbocycles. The van der Waals surface area contributed by atoms with Gasteiger partial charge in [0.2, 0.25) is 5.91 Å². The highest BCUT2D eigenvalue weighted by Gasteiger charge is 2.18. The molecule has 0 saturated heterocycles. The second-order valence-corrected chi connectivity index (χ2v) is 9.36. The van der Waals surface area contributed by atoms with Gasteiger partial charge >= 0.3 is 0 Å². The maximum absolute atomic E-state index is 12.6. The van der Waals surface area contributed by atoms with Gasteiger partial charge in [0.1, 0.15) is 4.21 Å². The number of hydrogen-bond acceptors (Lipinski definition) is 4. The number of amides is 1. The number of benzene rings is 2. The van der Waals surface area contributed by atoms with Crippen molar-refractivity contribution < 1.29 is 13.2 Å². The Morgan fingerprint density at radius 1 is 1.04 bits per heavy atom. The Morgan fingerprint density at radius 3 is 2.32 bits per heavy atom. The molecular weight excluding hydrogens is 392 g/mol. The molecule has 0 fully saturated rings. The Kier molecular flexibility index (Phi) is 6.16. The summed E-state index contributed by atoms with van der Waals surface area (Å²) in [6, 6.07) is 20.0. The van der Waals surface area contributed by atoms with E-state index in [1.807, 2.05) is 37.3 Å². The van der Waals surface area contributed by atoms with E-state index in [2.05, 4.69) is 4.72 Å². The SMILES string of the molecule is C[C@H](c1ccccc1)N(C)C(=O)Cc1ccc(NS(=O)(=O)c2cccs2)cc1. The predicted molar refractivity (Wildman–Crippen MR) is 113 cm³/mol. The largest absolute Gasteiger partial charge is 0.339 e. The number of hydrogen-bond donors (Lipinski definition) is 1. The fourth-order valence-corrected chi connectivity index (χ4v) is 4.83. The van der Waals surface area contributed by atoms with Crippen LogP contribution in [0.4, 0.5) is 5.69 Å². The van der Waals surface area contributed by atoms with Crippen LogP contribution in [0.3, 0.4) is 0 Å². The molecule has 0 aliphatic rings. The minimum absolute atomic E-state index is 0.00303. The van der Waals surface area contributed by atoms with Gasteiger partial charge in [0.25, 0.3) is 10.0 Å². The Balaban J connectivity index is 1.63. The van der Waals surface area contributed by atoms with Crippen molar-refractivity contribution >= 4 is 33.0 Å². The van der Waals surface area contributed by atoms with Crippen molar-refractivity contribution in [3.05, 3.63) is 83.2 Å². The van der Waals surface area contributed by atoms with E-state index in [0.29, 0.717) is 5.69 Å². The van der Waals surface area contributed by atoms with Crippen LogP contribution >= 0.6 is 11.3 Å². The lowest BCUT2D eigenvalue weighted by molar-refractivity contribution is -0.131. The van der Waals surface area contributed by atoms with Crippen molar-refractivity contribution in [2.45, 2.75) is 23.6 Å². The Labute approximate surface area is 169 Å². The summed E-state index contributed by atoms with van der Waals surface area (Å²) < 4.78 is 27.3. The molecule has 5 nitrogen and oxygen atoms in total. The number of thiophene rings is 1. The molecule has 28 heavy (non-hydrogen) atoms. The van der Waals surface area contributed by atoms with Gasteiger partial charge in [-0.15, -0.1) is 11.3 Å². The van der Waals surface area contributed by atoms with Crippen LogP contribution < -0.4 is 4.72 Å². The van der Waals surface area contributed by atoms with Crippen LogP contribution in [-0.2, 0) is 21.2 Å². The van der Waals surface area contributed by atoms with Crippen LogP contribution in [0.25, 0.3) is 0 Å². The van der Waals surface area contributed by atoms with Crippen LogP contribution in [0.15, 0.2) is 76.3 Å². The number of carbonyl (C=O) groups is 1. The number of likely N-dealkylation sites (N-methyl/N-ethyl adjacent to an activating group) is 1. The van der Waals surface area contributed by atoms with E-state index < -0.39 is 10.0 Å². The molecular formula is C21H22N2O3S2. The summed E-state index contributed by atoms with van der Waals surface area (Å²) in [4.78, 5) is 14.3. The quantitative estimate of drug-likeness (QED) is 0.626. The average molecular weight is 415 g/mol. The second-order valence-electron chi connectivity index (χ2n) is 6.50. The number of carbonyl (C=O) groups excluding carboxylic acids is 1. The number of sulfonamides is 1. The first kappa shape index (κ1) is 20.1. The van der Waals surface area contributed by atoms with Crippen molar-refractivity contribution in [3.8, 4) is 0 Å². The van der Waals surface area contributed by atoms with E-state index in [1.165, 1.54) is 0 Å². The first-order valence-electron chi connectivity index (χ1n) is 8.83. The van der Waals surface area contributed by atoms with Gasteiger partial charge in [0.15, 0.2) is 0 Å². The Bertz CT molecular complexity index is 1020. The highest BCUT2D eigenvalue weighted by atomic mass is 32.2. The lowest BCUT2D eigenvalue weighted by Gasteiger charge is -2.25. The maximum atomic E-state index is 12.6. The molecule has 0 aliphatic carbocycles. The second kappa shape index (κ2) is 8.58. The highest BCUT2D eigenvalue weighted by Crippen LogP contribution is 2.22. The van der Waals surface area contributed by atoms with Crippen molar-refractivity contribution in [3.63, 3.8) is 0 Å². The minimum Gasteiger partial charge on any atom is -0.339 e. The predicted octanol–water partition coefficient (Wildman–Crippen LogP) is 4.31. The number of rotatable bonds is 7. The first-order chi connectivity index (χ1) is 13.4. The van der Waals surface area contributed by atoms with Crippen molar-refractivity contribution in [1.82, 2.24) is 4.90 Å². The van der Waals surface area contributed by atoms with Crippen LogP contribution in [0, 0.1) is 0 Å². The van der Waals surface area contributed by atoms with E-state index >= 15 is 0 Å². The molecule has 1 heterocycles. The summed E-state index contributed by atoms with van der Waals surface area (Å²) in [7, 11) is -1.77. The van der Waals surface area contributed by atoms with Crippen LogP contribution in [0.1, 0.15) is 24.1 Å². The van der Waals surface area contributed by atoms with E-state index in [4.69, 9.17) is 0 Å². The van der Waals surface area contributed by atoms with Crippen molar-refractivity contribution in [2.24, 2.45) is 0 Å². The molecule has 0 spiro atoms. The third-order valence-electron chi connectivity index (χ3n) is 4.58. The topological polar surface area (TPSA) is 66.5 Å². The summed E-state index contributed by atoms with van der Waals surface area (Å²) in [5.74, 6) is 0.00303. The fourth-order valence-electron chi connectivity index (χ4n) is 2.78. The first-order valence-corrected chi connectivity index (χ1v) is 11.2. The molecule has 1 amide bonds. The number of anilines is 1. The minimum atomic E-state index is -3.57. The molecule has 146 valence electrons. The molecule has 0 bridgehead atoms. The van der Waals surface area contributed by atoms with Crippen molar-refractivity contribution in [2.75, 3.05) is 11.8 Å². The third kappa shape index (κ3) is 4.79. The van der Waals surface area contributed by atoms with Crippen molar-refractivity contribution in [1.29, 1.82) is 0 Å². The zero-order valence-electron chi connectivity index (χ0n) is 15.7. The van der Waals surface area contributed by atoms with Gasteiger partial charge < -0.3 is 4.90 Å². The van der Waals surface area contributed by atoms with Crippen LogP contribution in [0.5, 0.6) is 0 Å². The maximum Gasteiger partial charge on any atom is 0.271 e.